The Kier molecular flexibility index (Phi) is 4.06. The summed E-state index contributed by atoms with van der Waals surface area (Å²) in [5.74, 6) is -1.78. The quantitative estimate of drug-likeness (QED) is 0.709. The van der Waals surface area contributed by atoms with Crippen molar-refractivity contribution in [1.29, 1.82) is 0 Å². The van der Waals surface area contributed by atoms with E-state index >= 15 is 0 Å². The fraction of sp³-hybridized carbons (Fsp3) is 0.857. The highest BCUT2D eigenvalue weighted by atomic mass is 19.4. The number of hydrogen-bond acceptors (Lipinski definition) is 1. The zero-order valence-electron chi connectivity index (χ0n) is 7.03. The van der Waals surface area contributed by atoms with Crippen molar-refractivity contribution in [3.05, 3.63) is 0 Å². The van der Waals surface area contributed by atoms with E-state index in [9.17, 15) is 18.0 Å². The summed E-state index contributed by atoms with van der Waals surface area (Å²) in [6.07, 6.45) is -4.01. The van der Waals surface area contributed by atoms with E-state index in [4.69, 9.17) is 0 Å². The molecule has 0 aliphatic carbocycles. The minimum Gasteiger partial charge on any atom is -0.348 e. The normalized spacial score (nSPS) is 14.1. The standard InChI is InChI=1S/C7H12F3NO/c1-3-5(2)4-11-6(12)7(8,9)10/h5H,3-4H2,1-2H3,(H,11,12)/t5-/m1/s1. The molecule has 0 aliphatic heterocycles. The van der Waals surface area contributed by atoms with Crippen molar-refractivity contribution in [2.75, 3.05) is 6.54 Å². The molecule has 2 nitrogen and oxygen atoms in total. The largest absolute Gasteiger partial charge is 0.471 e. The van der Waals surface area contributed by atoms with Gasteiger partial charge >= 0.3 is 12.1 Å². The molecule has 0 radical (unpaired) electrons. The zero-order chi connectivity index (χ0) is 9.78. The van der Waals surface area contributed by atoms with E-state index in [0.29, 0.717) is 0 Å². The molecule has 0 fully saturated rings. The third-order valence-corrected chi connectivity index (χ3v) is 1.57. The summed E-state index contributed by atoms with van der Waals surface area (Å²) in [6.45, 7) is 3.70. The maximum atomic E-state index is 11.6. The van der Waals surface area contributed by atoms with Gasteiger partial charge in [-0.1, -0.05) is 20.3 Å². The number of carbonyl (C=O) groups excluding carboxylic acids is 1. The Bertz CT molecular complexity index is 155. The van der Waals surface area contributed by atoms with Crippen molar-refractivity contribution in [3.8, 4) is 0 Å². The van der Waals surface area contributed by atoms with E-state index in [1.165, 1.54) is 0 Å². The second kappa shape index (κ2) is 4.33. The molecule has 0 aliphatic rings. The summed E-state index contributed by atoms with van der Waals surface area (Å²) in [5.41, 5.74) is 0. The Morgan fingerprint density at radius 2 is 2.00 bits per heavy atom. The molecule has 0 rings (SSSR count). The molecular formula is C7H12F3NO. The average molecular weight is 183 g/mol. The predicted octanol–water partition coefficient (Wildman–Crippen LogP) is 1.71. The molecule has 1 atom stereocenters. The smallest absolute Gasteiger partial charge is 0.348 e. The number of nitrogens with one attached hydrogen (secondary N) is 1. The first-order valence-corrected chi connectivity index (χ1v) is 3.73. The van der Waals surface area contributed by atoms with Crippen molar-refractivity contribution in [2.45, 2.75) is 26.4 Å². The highest BCUT2D eigenvalue weighted by Gasteiger charge is 2.38. The van der Waals surface area contributed by atoms with Crippen LogP contribution in [0.15, 0.2) is 0 Å². The molecule has 0 bridgehead atoms. The van der Waals surface area contributed by atoms with E-state index in [1.54, 1.807) is 6.92 Å². The van der Waals surface area contributed by atoms with Gasteiger partial charge in [-0.25, -0.2) is 0 Å². The van der Waals surface area contributed by atoms with E-state index in [1.807, 2.05) is 12.2 Å². The van der Waals surface area contributed by atoms with Gasteiger partial charge in [0.2, 0.25) is 0 Å². The molecule has 12 heavy (non-hydrogen) atoms. The van der Waals surface area contributed by atoms with Crippen LogP contribution in [0.25, 0.3) is 0 Å². The first kappa shape index (κ1) is 11.3. The Labute approximate surface area is 69.1 Å². The maximum absolute atomic E-state index is 11.6. The Hall–Kier alpha value is -0.740. The van der Waals surface area contributed by atoms with Gasteiger partial charge in [0.15, 0.2) is 0 Å². The van der Waals surface area contributed by atoms with Gasteiger partial charge < -0.3 is 5.32 Å². The van der Waals surface area contributed by atoms with E-state index in [0.717, 1.165) is 6.42 Å². The van der Waals surface area contributed by atoms with Gasteiger partial charge in [0.1, 0.15) is 0 Å². The molecule has 0 unspecified atom stereocenters. The number of carbonyl (C=O) groups is 1. The molecule has 0 spiro atoms. The van der Waals surface area contributed by atoms with Crippen molar-refractivity contribution < 1.29 is 18.0 Å². The van der Waals surface area contributed by atoms with E-state index < -0.39 is 12.1 Å². The summed E-state index contributed by atoms with van der Waals surface area (Å²) in [5, 5.41) is 1.81. The second-order valence-corrected chi connectivity index (χ2v) is 2.72. The van der Waals surface area contributed by atoms with Crippen LogP contribution in [0, 0.1) is 5.92 Å². The van der Waals surface area contributed by atoms with Crippen LogP contribution < -0.4 is 5.32 Å². The number of rotatable bonds is 3. The molecule has 0 saturated heterocycles. The third-order valence-electron chi connectivity index (χ3n) is 1.57. The third kappa shape index (κ3) is 4.20. The van der Waals surface area contributed by atoms with Gasteiger partial charge in [0, 0.05) is 6.54 Å². The molecule has 0 aromatic rings. The minimum absolute atomic E-state index is 0.0782. The molecular weight excluding hydrogens is 171 g/mol. The summed E-state index contributed by atoms with van der Waals surface area (Å²) in [7, 11) is 0. The predicted molar refractivity (Wildman–Crippen MR) is 38.5 cm³/mol. The maximum Gasteiger partial charge on any atom is 0.471 e. The summed E-state index contributed by atoms with van der Waals surface area (Å²) >= 11 is 0. The van der Waals surface area contributed by atoms with Gasteiger partial charge in [-0.2, -0.15) is 13.2 Å². The summed E-state index contributed by atoms with van der Waals surface area (Å²) in [6, 6.07) is 0. The van der Waals surface area contributed by atoms with E-state index in [2.05, 4.69) is 0 Å². The lowest BCUT2D eigenvalue weighted by Gasteiger charge is -2.11. The fourth-order valence-corrected chi connectivity index (χ4v) is 0.511. The van der Waals surface area contributed by atoms with Gasteiger partial charge in [-0.15, -0.1) is 0 Å². The first-order valence-electron chi connectivity index (χ1n) is 3.73. The van der Waals surface area contributed by atoms with Crippen molar-refractivity contribution in [2.24, 2.45) is 5.92 Å². The molecule has 0 aromatic carbocycles. The number of halogens is 3. The monoisotopic (exact) mass is 183 g/mol. The van der Waals surface area contributed by atoms with Crippen LogP contribution in [0.5, 0.6) is 0 Å². The molecule has 0 heterocycles. The molecule has 5 heteroatoms. The highest BCUT2D eigenvalue weighted by Crippen LogP contribution is 2.14. The molecule has 0 saturated carbocycles. The van der Waals surface area contributed by atoms with Gasteiger partial charge in [0.25, 0.3) is 0 Å². The minimum atomic E-state index is -4.76. The van der Waals surface area contributed by atoms with Crippen LogP contribution in [-0.4, -0.2) is 18.6 Å². The zero-order valence-corrected chi connectivity index (χ0v) is 7.03. The lowest BCUT2D eigenvalue weighted by molar-refractivity contribution is -0.173. The molecule has 0 aromatic heterocycles. The fourth-order valence-electron chi connectivity index (χ4n) is 0.511. The van der Waals surface area contributed by atoms with Crippen molar-refractivity contribution in [1.82, 2.24) is 5.32 Å². The number of alkyl halides is 3. The SMILES string of the molecule is CC[C@@H](C)CNC(=O)C(F)(F)F. The van der Waals surface area contributed by atoms with Crippen LogP contribution in [0.1, 0.15) is 20.3 Å². The van der Waals surface area contributed by atoms with Crippen molar-refractivity contribution >= 4 is 5.91 Å². The topological polar surface area (TPSA) is 29.1 Å². The molecule has 72 valence electrons. The van der Waals surface area contributed by atoms with Gasteiger partial charge in [0.05, 0.1) is 0 Å². The van der Waals surface area contributed by atoms with Gasteiger partial charge in [-0.05, 0) is 5.92 Å². The van der Waals surface area contributed by atoms with Crippen LogP contribution >= 0.6 is 0 Å². The molecule has 1 amide bonds. The Balaban J connectivity index is 3.73. The Morgan fingerprint density at radius 1 is 1.50 bits per heavy atom. The lowest BCUT2D eigenvalue weighted by atomic mass is 10.1. The Morgan fingerprint density at radius 3 is 2.33 bits per heavy atom. The van der Waals surface area contributed by atoms with Crippen molar-refractivity contribution in [3.63, 3.8) is 0 Å². The van der Waals surface area contributed by atoms with Crippen LogP contribution in [0.3, 0.4) is 0 Å². The number of hydrogen-bond donors (Lipinski definition) is 1. The van der Waals surface area contributed by atoms with Crippen LogP contribution in [0.2, 0.25) is 0 Å². The van der Waals surface area contributed by atoms with Crippen LogP contribution in [0.4, 0.5) is 13.2 Å². The number of amides is 1. The average Bonchev–Trinajstić information content (AvgIpc) is 1.97. The van der Waals surface area contributed by atoms with E-state index in [-0.39, 0.29) is 12.5 Å². The van der Waals surface area contributed by atoms with Gasteiger partial charge in [-0.3, -0.25) is 4.79 Å². The summed E-state index contributed by atoms with van der Waals surface area (Å²) in [4.78, 5) is 10.2. The van der Waals surface area contributed by atoms with Crippen LogP contribution in [-0.2, 0) is 4.79 Å². The highest BCUT2D eigenvalue weighted by molar-refractivity contribution is 5.81. The summed E-state index contributed by atoms with van der Waals surface area (Å²) < 4.78 is 34.8. The lowest BCUT2D eigenvalue weighted by Crippen LogP contribution is -2.38. The molecule has 1 N–H and O–H groups in total. The second-order valence-electron chi connectivity index (χ2n) is 2.72. The first-order chi connectivity index (χ1) is 5.38.